The third kappa shape index (κ3) is 2.16. The molecule has 0 saturated heterocycles. The molecule has 2 aromatic heterocycles. The highest BCUT2D eigenvalue weighted by Gasteiger charge is 2.35. The Morgan fingerprint density at radius 1 is 0.667 bits per heavy atom. The Balaban J connectivity index is 1.88. The number of aryl methyl sites for hydroxylation is 2. The molecular formula is C23H18N2O2. The topological polar surface area (TPSA) is 44.0 Å². The van der Waals surface area contributed by atoms with Crippen LogP contribution in [0.1, 0.15) is 17.5 Å². The fourth-order valence-electron chi connectivity index (χ4n) is 4.25. The van der Waals surface area contributed by atoms with E-state index in [9.17, 15) is 9.59 Å². The number of carbonyl (C=O) groups is 2. The molecule has 5 rings (SSSR count). The summed E-state index contributed by atoms with van der Waals surface area (Å²) in [6, 6.07) is 16.0. The van der Waals surface area contributed by atoms with Crippen LogP contribution in [0.5, 0.6) is 0 Å². The number of aromatic nitrogens is 2. The fourth-order valence-corrected chi connectivity index (χ4v) is 4.25. The molecular weight excluding hydrogens is 336 g/mol. The zero-order chi connectivity index (χ0) is 18.7. The minimum absolute atomic E-state index is 0.0584. The molecule has 4 nitrogen and oxygen atoms in total. The van der Waals surface area contributed by atoms with E-state index in [0.29, 0.717) is 11.1 Å². The van der Waals surface area contributed by atoms with Crippen LogP contribution in [0.15, 0.2) is 60.9 Å². The number of carbonyl (C=O) groups excluding carboxylic acids is 2. The van der Waals surface area contributed by atoms with Crippen LogP contribution in [0.2, 0.25) is 0 Å². The lowest BCUT2D eigenvalue weighted by molar-refractivity contribution is -0.119. The van der Waals surface area contributed by atoms with Crippen LogP contribution >= 0.6 is 0 Å². The van der Waals surface area contributed by atoms with Crippen LogP contribution < -0.4 is 0 Å². The number of allylic oxidation sites excluding steroid dienone is 2. The molecule has 0 unspecified atom stereocenters. The second-order valence-electron chi connectivity index (χ2n) is 7.11. The zero-order valence-corrected chi connectivity index (χ0v) is 15.2. The molecule has 1 aliphatic carbocycles. The number of fused-ring (bicyclic) bond motifs is 2. The summed E-state index contributed by atoms with van der Waals surface area (Å²) >= 11 is 0. The van der Waals surface area contributed by atoms with Crippen molar-refractivity contribution >= 4 is 44.5 Å². The van der Waals surface area contributed by atoms with Gasteiger partial charge in [0.15, 0.2) is 11.6 Å². The van der Waals surface area contributed by atoms with E-state index < -0.39 is 0 Å². The van der Waals surface area contributed by atoms with Crippen LogP contribution in [-0.2, 0) is 23.7 Å². The maximum atomic E-state index is 12.9. The lowest BCUT2D eigenvalue weighted by Gasteiger charge is -2.04. The summed E-state index contributed by atoms with van der Waals surface area (Å²) in [5.41, 5.74) is 4.87. The summed E-state index contributed by atoms with van der Waals surface area (Å²) in [4.78, 5) is 25.7. The van der Waals surface area contributed by atoms with Gasteiger partial charge in [-0.25, -0.2) is 0 Å². The van der Waals surface area contributed by atoms with Gasteiger partial charge in [-0.2, -0.15) is 0 Å². The molecule has 0 saturated carbocycles. The maximum absolute atomic E-state index is 12.9. The summed E-state index contributed by atoms with van der Waals surface area (Å²) in [6.45, 7) is 0. The van der Waals surface area contributed by atoms with Crippen molar-refractivity contribution < 1.29 is 9.59 Å². The largest absolute Gasteiger partial charge is 0.350 e. The van der Waals surface area contributed by atoms with Gasteiger partial charge in [-0.05, 0) is 12.1 Å². The number of para-hydroxylation sites is 2. The third-order valence-electron chi connectivity index (χ3n) is 5.46. The molecule has 2 aromatic carbocycles. The van der Waals surface area contributed by atoms with E-state index in [2.05, 4.69) is 0 Å². The first kappa shape index (κ1) is 15.8. The highest BCUT2D eigenvalue weighted by Crippen LogP contribution is 2.41. The van der Waals surface area contributed by atoms with Crippen LogP contribution in [0.4, 0.5) is 0 Å². The van der Waals surface area contributed by atoms with Gasteiger partial charge in [0.05, 0.1) is 6.42 Å². The Morgan fingerprint density at radius 3 is 1.52 bits per heavy atom. The number of rotatable bonds is 2. The number of nitrogens with zero attached hydrogens (tertiary/aromatic N) is 2. The van der Waals surface area contributed by atoms with Crippen molar-refractivity contribution in [1.82, 2.24) is 9.13 Å². The van der Waals surface area contributed by atoms with Crippen molar-refractivity contribution in [1.29, 1.82) is 0 Å². The van der Waals surface area contributed by atoms with E-state index in [1.807, 2.05) is 84.2 Å². The van der Waals surface area contributed by atoms with E-state index >= 15 is 0 Å². The average Bonchev–Trinajstić information content (AvgIpc) is 3.27. The monoisotopic (exact) mass is 354 g/mol. The second-order valence-corrected chi connectivity index (χ2v) is 7.11. The highest BCUT2D eigenvalue weighted by molar-refractivity contribution is 6.52. The van der Waals surface area contributed by atoms with E-state index in [1.54, 1.807) is 0 Å². The van der Waals surface area contributed by atoms with Crippen LogP contribution in [-0.4, -0.2) is 20.7 Å². The average molecular weight is 354 g/mol. The molecule has 2 heterocycles. The van der Waals surface area contributed by atoms with Crippen molar-refractivity contribution in [2.45, 2.75) is 6.42 Å². The molecule has 132 valence electrons. The first-order chi connectivity index (χ1) is 13.1. The Labute approximate surface area is 156 Å². The minimum atomic E-state index is -0.0979. The molecule has 4 aromatic rings. The highest BCUT2D eigenvalue weighted by atomic mass is 16.2. The van der Waals surface area contributed by atoms with Crippen molar-refractivity contribution in [3.63, 3.8) is 0 Å². The number of hydrogen-bond acceptors (Lipinski definition) is 2. The molecule has 0 fully saturated rings. The van der Waals surface area contributed by atoms with Gasteiger partial charge < -0.3 is 9.13 Å². The summed E-state index contributed by atoms with van der Waals surface area (Å²) in [5, 5.41) is 1.99. The van der Waals surface area contributed by atoms with Crippen LogP contribution in [0.3, 0.4) is 0 Å². The molecule has 0 radical (unpaired) electrons. The molecule has 0 atom stereocenters. The molecule has 4 heteroatoms. The number of benzene rings is 2. The van der Waals surface area contributed by atoms with Gasteiger partial charge in [-0.15, -0.1) is 0 Å². The molecule has 0 N–H and O–H groups in total. The van der Waals surface area contributed by atoms with Gasteiger partial charge in [0.2, 0.25) is 0 Å². The van der Waals surface area contributed by atoms with Crippen LogP contribution in [0.25, 0.3) is 33.0 Å². The lowest BCUT2D eigenvalue weighted by atomic mass is 9.95. The summed E-state index contributed by atoms with van der Waals surface area (Å²) < 4.78 is 4.02. The van der Waals surface area contributed by atoms with E-state index in [1.165, 1.54) is 0 Å². The van der Waals surface area contributed by atoms with E-state index in [0.717, 1.165) is 32.9 Å². The normalized spacial score (nSPS) is 14.9. The van der Waals surface area contributed by atoms with E-state index in [-0.39, 0.29) is 18.0 Å². The lowest BCUT2D eigenvalue weighted by Crippen LogP contribution is -1.96. The summed E-state index contributed by atoms with van der Waals surface area (Å²) in [5.74, 6) is -0.196. The van der Waals surface area contributed by atoms with Crippen molar-refractivity contribution in [2.75, 3.05) is 0 Å². The molecule has 0 aliphatic heterocycles. The first-order valence-electron chi connectivity index (χ1n) is 8.96. The van der Waals surface area contributed by atoms with Crippen molar-refractivity contribution in [3.05, 3.63) is 72.1 Å². The van der Waals surface area contributed by atoms with Gasteiger partial charge >= 0.3 is 0 Å². The maximum Gasteiger partial charge on any atom is 0.172 e. The van der Waals surface area contributed by atoms with Gasteiger partial charge in [0, 0.05) is 70.6 Å². The van der Waals surface area contributed by atoms with Gasteiger partial charge in [0.1, 0.15) is 0 Å². The Hall–Kier alpha value is -3.40. The Kier molecular flexibility index (Phi) is 3.25. The molecule has 1 aliphatic rings. The van der Waals surface area contributed by atoms with Crippen LogP contribution in [0, 0.1) is 0 Å². The number of ketones is 2. The standard InChI is InChI=1S/C23H18N2O2/c1-24-12-16(14-7-3-5-9-18(14)24)22-20(26)11-21(27)23(22)17-13-25(2)19-10-6-4-8-15(17)19/h3-10,12-13H,11H2,1-2H3. The molecule has 0 amide bonds. The smallest absolute Gasteiger partial charge is 0.172 e. The van der Waals surface area contributed by atoms with E-state index in [4.69, 9.17) is 0 Å². The zero-order valence-electron chi connectivity index (χ0n) is 15.2. The second kappa shape index (κ2) is 5.55. The fraction of sp³-hybridized carbons (Fsp3) is 0.130. The Bertz CT molecular complexity index is 1200. The third-order valence-corrected chi connectivity index (χ3v) is 5.46. The Morgan fingerprint density at radius 2 is 1.07 bits per heavy atom. The minimum Gasteiger partial charge on any atom is -0.350 e. The summed E-state index contributed by atoms with van der Waals surface area (Å²) in [7, 11) is 3.93. The first-order valence-corrected chi connectivity index (χ1v) is 8.96. The van der Waals surface area contributed by atoms with Gasteiger partial charge in [-0.1, -0.05) is 36.4 Å². The van der Waals surface area contributed by atoms with Gasteiger partial charge in [-0.3, -0.25) is 9.59 Å². The van der Waals surface area contributed by atoms with Crippen molar-refractivity contribution in [3.8, 4) is 0 Å². The molecule has 0 spiro atoms. The predicted molar refractivity (Wildman–Crippen MR) is 107 cm³/mol. The number of hydrogen-bond donors (Lipinski definition) is 0. The molecule has 0 bridgehead atoms. The summed E-state index contributed by atoms with van der Waals surface area (Å²) in [6.07, 6.45) is 3.86. The predicted octanol–water partition coefficient (Wildman–Crippen LogP) is 4.12. The quantitative estimate of drug-likeness (QED) is 0.508. The SMILES string of the molecule is Cn1cc(C2=C(c3cn(C)c4ccccc34)C(=O)CC2=O)c2ccccc21. The van der Waals surface area contributed by atoms with Crippen molar-refractivity contribution in [2.24, 2.45) is 14.1 Å². The molecule has 27 heavy (non-hydrogen) atoms. The van der Waals surface area contributed by atoms with Gasteiger partial charge in [0.25, 0.3) is 0 Å². The number of Topliss-reactive ketones (excluding diaryl/α,β-unsaturated/α-hetero) is 2.